The third-order valence-electron chi connectivity index (χ3n) is 20.7. The molecule has 0 spiro atoms. The summed E-state index contributed by atoms with van der Waals surface area (Å²) in [4.78, 5) is 13.5. The number of aliphatic hydroxyl groups excluding tert-OH is 11. The van der Waals surface area contributed by atoms with Crippen LogP contribution < -0.4 is 5.32 Å². The van der Waals surface area contributed by atoms with Gasteiger partial charge in [-0.15, -0.1) is 0 Å². The quantitative estimate of drug-likeness (QED) is 0.0199. The third kappa shape index (κ3) is 44.2. The van der Waals surface area contributed by atoms with E-state index >= 15 is 0 Å². The second-order valence-electron chi connectivity index (χ2n) is 29.9. The Balaban J connectivity index is 1.33. The topological polar surface area (TPSA) is 307 Å². The highest BCUT2D eigenvalue weighted by Crippen LogP contribution is 2.33. The van der Waals surface area contributed by atoms with Crippen LogP contribution >= 0.6 is 0 Å². The number of hydrogen-bond donors (Lipinski definition) is 12. The molecule has 0 aromatic heterocycles. The van der Waals surface area contributed by atoms with Crippen molar-refractivity contribution in [1.29, 1.82) is 0 Å². The summed E-state index contributed by atoms with van der Waals surface area (Å²) < 4.78 is 34.5. The SMILES string of the molecule is CC/C=C\C/C=C\C/C=C\C/C=C\CCCCCCCCCCCCCCCCCCCCCCCCCCC(=O)NC(COC1OC(CO)C(OC2OC(CO)C(OC3OC(CO)C(O)C(O)C3O)C(O)C2O)C(O)C1O)C(O)/C=C/CC/C=C/CCCCCCCCCCCCCCCCCC. The number of aliphatic hydroxyl groups is 11. The number of amides is 1. The molecule has 3 aliphatic heterocycles. The first-order valence-electron chi connectivity index (χ1n) is 42.2. The fraction of sp³-hybridized carbons (Fsp3) is 0.847. The van der Waals surface area contributed by atoms with Crippen LogP contribution in [0.5, 0.6) is 0 Å². The van der Waals surface area contributed by atoms with Crippen LogP contribution in [-0.4, -0.2) is 193 Å². The molecule has 19 heteroatoms. The minimum atomic E-state index is -1.98. The van der Waals surface area contributed by atoms with Crippen LogP contribution in [0, 0.1) is 0 Å². The van der Waals surface area contributed by atoms with Gasteiger partial charge in [-0.05, 0) is 70.6 Å². The van der Waals surface area contributed by atoms with E-state index in [4.69, 9.17) is 28.4 Å². The van der Waals surface area contributed by atoms with E-state index in [-0.39, 0.29) is 18.9 Å². The van der Waals surface area contributed by atoms with Crippen LogP contribution in [0.3, 0.4) is 0 Å². The molecule has 0 aliphatic carbocycles. The van der Waals surface area contributed by atoms with Crippen LogP contribution in [0.4, 0.5) is 0 Å². The molecule has 104 heavy (non-hydrogen) atoms. The Kier molecular flexibility index (Phi) is 59.6. The highest BCUT2D eigenvalue weighted by molar-refractivity contribution is 5.76. The van der Waals surface area contributed by atoms with Crippen LogP contribution in [0.1, 0.15) is 328 Å². The summed E-state index contributed by atoms with van der Waals surface area (Å²) >= 11 is 0. The van der Waals surface area contributed by atoms with E-state index in [1.165, 1.54) is 231 Å². The van der Waals surface area contributed by atoms with Crippen LogP contribution in [0.2, 0.25) is 0 Å². The fourth-order valence-corrected chi connectivity index (χ4v) is 14.0. The lowest BCUT2D eigenvalue weighted by molar-refractivity contribution is -0.379. The summed E-state index contributed by atoms with van der Waals surface area (Å²) in [6.07, 6.45) is 59.1. The minimum Gasteiger partial charge on any atom is -0.394 e. The highest BCUT2D eigenvalue weighted by atomic mass is 16.8. The van der Waals surface area contributed by atoms with Gasteiger partial charge in [0.05, 0.1) is 38.6 Å². The number of carbonyl (C=O) groups excluding carboxylic acids is 1. The largest absolute Gasteiger partial charge is 0.394 e. The molecule has 1 amide bonds. The maximum atomic E-state index is 13.5. The minimum absolute atomic E-state index is 0.237. The van der Waals surface area contributed by atoms with E-state index in [1.807, 2.05) is 6.08 Å². The van der Waals surface area contributed by atoms with Gasteiger partial charge in [0.15, 0.2) is 18.9 Å². The van der Waals surface area contributed by atoms with E-state index < -0.39 is 124 Å². The van der Waals surface area contributed by atoms with Gasteiger partial charge >= 0.3 is 0 Å². The molecule has 3 aliphatic rings. The standard InChI is InChI=1S/C85H153NO18/c1-3-5-7-9-11-13-15-17-19-21-23-25-27-28-29-30-31-32-33-34-35-36-37-38-39-40-41-43-45-47-49-51-53-55-57-59-61-63-73(91)86-68(69(90)62-60-58-56-54-52-50-48-46-44-42-26-24-22-20-18-16-14-12-10-8-6-4-2)67-99-83-79(97)76(94)81(71(65-88)101-83)104-85-80(98)77(95)82(72(66-89)102-85)103-84-78(96)75(93)74(92)70(64-87)100-84/h5,7,11,13,17,19,23,25,52,54,60,62,68-72,74-85,87-90,92-98H,3-4,6,8-10,12,14-16,18,20-22,24,26-51,53,55-59,61,63-67H2,1-2H3,(H,86,91)/b7-5-,13-11-,19-17-,25-23-,54-52+,62-60+. The first kappa shape index (κ1) is 95.4. The molecule has 3 fully saturated rings. The number of nitrogens with one attached hydrogen (secondary N) is 1. The van der Waals surface area contributed by atoms with Crippen LogP contribution in [0.15, 0.2) is 72.9 Å². The lowest BCUT2D eigenvalue weighted by atomic mass is 9.96. The number of allylic oxidation sites excluding steroid dienone is 11. The van der Waals surface area contributed by atoms with Gasteiger partial charge in [-0.1, -0.05) is 324 Å². The Morgan fingerprint density at radius 1 is 0.356 bits per heavy atom. The first-order valence-corrected chi connectivity index (χ1v) is 42.2. The second kappa shape index (κ2) is 65.0. The molecule has 19 nitrogen and oxygen atoms in total. The summed E-state index contributed by atoms with van der Waals surface area (Å²) in [5.41, 5.74) is 0. The molecule has 3 rings (SSSR count). The van der Waals surface area contributed by atoms with Gasteiger partial charge in [0.25, 0.3) is 0 Å². The molecular formula is C85H153NO18. The van der Waals surface area contributed by atoms with Crippen molar-refractivity contribution in [3.8, 4) is 0 Å². The van der Waals surface area contributed by atoms with Crippen molar-refractivity contribution in [3.05, 3.63) is 72.9 Å². The van der Waals surface area contributed by atoms with Crippen molar-refractivity contribution in [3.63, 3.8) is 0 Å². The Labute approximate surface area is 629 Å². The van der Waals surface area contributed by atoms with Crippen molar-refractivity contribution in [2.45, 2.75) is 433 Å². The Morgan fingerprint density at radius 2 is 0.673 bits per heavy atom. The third-order valence-corrected chi connectivity index (χ3v) is 20.7. The molecule has 12 N–H and O–H groups in total. The Morgan fingerprint density at radius 3 is 1.08 bits per heavy atom. The molecule has 0 radical (unpaired) electrons. The van der Waals surface area contributed by atoms with Gasteiger partial charge in [0.1, 0.15) is 73.2 Å². The van der Waals surface area contributed by atoms with E-state index in [2.05, 4.69) is 79.9 Å². The number of ether oxygens (including phenoxy) is 6. The maximum Gasteiger partial charge on any atom is 0.220 e. The van der Waals surface area contributed by atoms with E-state index in [0.29, 0.717) is 12.8 Å². The van der Waals surface area contributed by atoms with Gasteiger partial charge in [-0.3, -0.25) is 4.79 Å². The van der Waals surface area contributed by atoms with E-state index in [1.54, 1.807) is 6.08 Å². The summed E-state index contributed by atoms with van der Waals surface area (Å²) in [5.74, 6) is -0.280. The van der Waals surface area contributed by atoms with Gasteiger partial charge < -0.3 is 89.9 Å². The summed E-state index contributed by atoms with van der Waals surface area (Å²) in [6.45, 7) is 1.65. The van der Waals surface area contributed by atoms with Crippen molar-refractivity contribution < 1.29 is 89.4 Å². The fourth-order valence-electron chi connectivity index (χ4n) is 14.0. The predicted octanol–water partition coefficient (Wildman–Crippen LogP) is 14.8. The van der Waals surface area contributed by atoms with E-state index in [0.717, 1.165) is 64.2 Å². The molecule has 0 saturated carbocycles. The predicted molar refractivity (Wildman–Crippen MR) is 415 cm³/mol. The van der Waals surface area contributed by atoms with E-state index in [9.17, 15) is 61.0 Å². The first-order chi connectivity index (χ1) is 50.8. The lowest BCUT2D eigenvalue weighted by Crippen LogP contribution is -2.66. The molecule has 606 valence electrons. The van der Waals surface area contributed by atoms with Gasteiger partial charge in [-0.25, -0.2) is 0 Å². The smallest absolute Gasteiger partial charge is 0.220 e. The number of rotatable bonds is 67. The summed E-state index contributed by atoms with van der Waals surface area (Å²) in [5, 5.41) is 121. The normalized spacial score (nSPS) is 26.3. The number of carbonyl (C=O) groups is 1. The number of hydrogen-bond acceptors (Lipinski definition) is 18. The average molecular weight is 1480 g/mol. The molecule has 0 aromatic rings. The molecule has 17 unspecified atom stereocenters. The van der Waals surface area contributed by atoms with Crippen molar-refractivity contribution >= 4 is 5.91 Å². The molecular weight excluding hydrogens is 1320 g/mol. The lowest BCUT2D eigenvalue weighted by Gasteiger charge is -2.48. The number of unbranched alkanes of at least 4 members (excludes halogenated alkanes) is 41. The zero-order valence-electron chi connectivity index (χ0n) is 65.0. The van der Waals surface area contributed by atoms with Crippen LogP contribution in [0.25, 0.3) is 0 Å². The Bertz CT molecular complexity index is 2160. The molecule has 0 aromatic carbocycles. The zero-order chi connectivity index (χ0) is 75.3. The highest BCUT2D eigenvalue weighted by Gasteiger charge is 2.54. The van der Waals surface area contributed by atoms with Crippen LogP contribution in [-0.2, 0) is 33.2 Å². The maximum absolute atomic E-state index is 13.5. The van der Waals surface area contributed by atoms with Gasteiger partial charge in [-0.2, -0.15) is 0 Å². The molecule has 17 atom stereocenters. The van der Waals surface area contributed by atoms with Gasteiger partial charge in [0.2, 0.25) is 5.91 Å². The molecule has 3 saturated heterocycles. The summed E-state index contributed by atoms with van der Waals surface area (Å²) in [6, 6.07) is -0.992. The van der Waals surface area contributed by atoms with Gasteiger partial charge in [0, 0.05) is 6.42 Å². The average Bonchev–Trinajstić information content (AvgIpc) is 0.783. The van der Waals surface area contributed by atoms with Crippen molar-refractivity contribution in [2.75, 3.05) is 26.4 Å². The zero-order valence-corrected chi connectivity index (χ0v) is 65.0. The molecule has 0 bridgehead atoms. The monoisotopic (exact) mass is 1480 g/mol. The van der Waals surface area contributed by atoms with Crippen molar-refractivity contribution in [1.82, 2.24) is 5.32 Å². The van der Waals surface area contributed by atoms with Crippen molar-refractivity contribution in [2.24, 2.45) is 0 Å². The summed E-state index contributed by atoms with van der Waals surface area (Å²) in [7, 11) is 0. The second-order valence-corrected chi connectivity index (χ2v) is 29.9. The molecule has 3 heterocycles. The Hall–Kier alpha value is -2.77.